The standard InChI is InChI=1S/C18H19IN2O3/c1-12(2)20-18(23)21(3)13-8-10-14(11-9-13)24-17(22)15-6-4-5-7-16(15)19/h4-12H,1-3H3,(H,20,23). The van der Waals surface area contributed by atoms with E-state index in [4.69, 9.17) is 4.74 Å². The molecule has 0 saturated carbocycles. The molecule has 5 nitrogen and oxygen atoms in total. The van der Waals surface area contributed by atoms with Gasteiger partial charge in [0.2, 0.25) is 0 Å². The molecule has 0 atom stereocenters. The molecule has 24 heavy (non-hydrogen) atoms. The molecule has 0 spiro atoms. The van der Waals surface area contributed by atoms with E-state index in [1.54, 1.807) is 43.4 Å². The summed E-state index contributed by atoms with van der Waals surface area (Å²) < 4.78 is 6.21. The predicted molar refractivity (Wildman–Crippen MR) is 103 cm³/mol. The number of hydrogen-bond acceptors (Lipinski definition) is 3. The van der Waals surface area contributed by atoms with Gasteiger partial charge in [-0.15, -0.1) is 0 Å². The van der Waals surface area contributed by atoms with Crippen LogP contribution in [-0.2, 0) is 0 Å². The number of ether oxygens (including phenoxy) is 1. The summed E-state index contributed by atoms with van der Waals surface area (Å²) in [6, 6.07) is 13.9. The fourth-order valence-corrected chi connectivity index (χ4v) is 2.60. The maximum Gasteiger partial charge on any atom is 0.344 e. The van der Waals surface area contributed by atoms with Crippen LogP contribution in [0.4, 0.5) is 10.5 Å². The minimum atomic E-state index is -0.404. The molecule has 2 aromatic carbocycles. The van der Waals surface area contributed by atoms with Crippen LogP contribution in [0.2, 0.25) is 0 Å². The van der Waals surface area contributed by atoms with Gasteiger partial charge in [-0.2, -0.15) is 0 Å². The van der Waals surface area contributed by atoms with E-state index in [1.807, 2.05) is 26.0 Å². The third-order valence-electron chi connectivity index (χ3n) is 3.25. The highest BCUT2D eigenvalue weighted by molar-refractivity contribution is 14.1. The molecule has 0 aromatic heterocycles. The van der Waals surface area contributed by atoms with Gasteiger partial charge in [-0.05, 0) is 72.8 Å². The number of rotatable bonds is 4. The second-order valence-electron chi connectivity index (χ2n) is 5.53. The summed E-state index contributed by atoms with van der Waals surface area (Å²) in [6.45, 7) is 3.80. The van der Waals surface area contributed by atoms with Gasteiger partial charge in [0.05, 0.1) is 5.56 Å². The van der Waals surface area contributed by atoms with Crippen molar-refractivity contribution in [1.82, 2.24) is 5.32 Å². The number of urea groups is 1. The lowest BCUT2D eigenvalue weighted by Gasteiger charge is -2.20. The second kappa shape index (κ2) is 8.14. The molecule has 0 bridgehead atoms. The van der Waals surface area contributed by atoms with Crippen molar-refractivity contribution < 1.29 is 14.3 Å². The normalized spacial score (nSPS) is 10.4. The molecule has 2 amide bonds. The maximum absolute atomic E-state index is 12.2. The third-order valence-corrected chi connectivity index (χ3v) is 4.19. The highest BCUT2D eigenvalue weighted by Gasteiger charge is 2.14. The summed E-state index contributed by atoms with van der Waals surface area (Å²) in [5.41, 5.74) is 1.23. The third kappa shape index (κ3) is 4.70. The van der Waals surface area contributed by atoms with Gasteiger partial charge in [-0.25, -0.2) is 9.59 Å². The number of anilines is 1. The largest absolute Gasteiger partial charge is 0.423 e. The molecule has 6 heteroatoms. The van der Waals surface area contributed by atoms with Crippen LogP contribution in [0.25, 0.3) is 0 Å². The zero-order valence-corrected chi connectivity index (χ0v) is 15.9. The molecule has 0 radical (unpaired) electrons. The number of halogens is 1. The summed E-state index contributed by atoms with van der Waals surface area (Å²) >= 11 is 2.10. The van der Waals surface area contributed by atoms with E-state index in [2.05, 4.69) is 27.9 Å². The van der Waals surface area contributed by atoms with Crippen molar-refractivity contribution in [3.8, 4) is 5.75 Å². The van der Waals surface area contributed by atoms with E-state index < -0.39 is 5.97 Å². The minimum absolute atomic E-state index is 0.0634. The van der Waals surface area contributed by atoms with Gasteiger partial charge in [-0.3, -0.25) is 4.90 Å². The van der Waals surface area contributed by atoms with Gasteiger partial charge in [0.1, 0.15) is 5.75 Å². The van der Waals surface area contributed by atoms with Crippen LogP contribution in [0, 0.1) is 3.57 Å². The Balaban J connectivity index is 2.06. The molecule has 0 saturated heterocycles. The number of nitrogens with zero attached hydrogens (tertiary/aromatic N) is 1. The number of amides is 2. The zero-order chi connectivity index (χ0) is 17.7. The summed E-state index contributed by atoms with van der Waals surface area (Å²) in [6.07, 6.45) is 0. The molecule has 0 aliphatic heterocycles. The van der Waals surface area contributed by atoms with Crippen molar-refractivity contribution in [2.75, 3.05) is 11.9 Å². The molecule has 2 rings (SSSR count). The Hall–Kier alpha value is -2.09. The van der Waals surface area contributed by atoms with E-state index in [0.717, 1.165) is 3.57 Å². The van der Waals surface area contributed by atoms with Gasteiger partial charge < -0.3 is 10.1 Å². The highest BCUT2D eigenvalue weighted by atomic mass is 127. The number of benzene rings is 2. The number of nitrogens with one attached hydrogen (secondary N) is 1. The number of carbonyl (C=O) groups is 2. The Labute approximate surface area is 155 Å². The van der Waals surface area contributed by atoms with Crippen molar-refractivity contribution >= 4 is 40.3 Å². The Bertz CT molecular complexity index is 729. The predicted octanol–water partition coefficient (Wildman–Crippen LogP) is 4.06. The highest BCUT2D eigenvalue weighted by Crippen LogP contribution is 2.21. The molecule has 2 aromatic rings. The van der Waals surface area contributed by atoms with Crippen molar-refractivity contribution in [2.45, 2.75) is 19.9 Å². The van der Waals surface area contributed by atoms with E-state index in [9.17, 15) is 9.59 Å². The Kier molecular flexibility index (Phi) is 6.19. The van der Waals surface area contributed by atoms with Crippen LogP contribution in [0.1, 0.15) is 24.2 Å². The average Bonchev–Trinajstić information content (AvgIpc) is 2.54. The van der Waals surface area contributed by atoms with Gasteiger partial charge in [0, 0.05) is 22.3 Å². The maximum atomic E-state index is 12.2. The molecular formula is C18H19IN2O3. The molecule has 0 aliphatic rings. The van der Waals surface area contributed by atoms with Crippen LogP contribution in [-0.4, -0.2) is 25.1 Å². The van der Waals surface area contributed by atoms with E-state index in [-0.39, 0.29) is 12.1 Å². The molecule has 126 valence electrons. The summed E-state index contributed by atoms with van der Waals surface area (Å²) in [4.78, 5) is 25.7. The van der Waals surface area contributed by atoms with Gasteiger partial charge in [0.25, 0.3) is 0 Å². The first-order valence-corrected chi connectivity index (χ1v) is 8.57. The number of hydrogen-bond donors (Lipinski definition) is 1. The first-order valence-electron chi connectivity index (χ1n) is 7.49. The van der Waals surface area contributed by atoms with E-state index in [0.29, 0.717) is 17.0 Å². The lowest BCUT2D eigenvalue weighted by Crippen LogP contribution is -2.40. The fourth-order valence-electron chi connectivity index (χ4n) is 1.99. The molecule has 0 fully saturated rings. The fraction of sp³-hybridized carbons (Fsp3) is 0.222. The van der Waals surface area contributed by atoms with Crippen molar-refractivity contribution in [3.05, 3.63) is 57.7 Å². The van der Waals surface area contributed by atoms with Crippen LogP contribution in [0.15, 0.2) is 48.5 Å². The Morgan fingerprint density at radius 1 is 1.08 bits per heavy atom. The Morgan fingerprint density at radius 3 is 2.29 bits per heavy atom. The number of carbonyl (C=O) groups excluding carboxylic acids is 2. The average molecular weight is 438 g/mol. The van der Waals surface area contributed by atoms with Gasteiger partial charge in [-0.1, -0.05) is 12.1 Å². The monoisotopic (exact) mass is 438 g/mol. The molecule has 0 heterocycles. The first-order chi connectivity index (χ1) is 11.4. The van der Waals surface area contributed by atoms with Crippen molar-refractivity contribution in [2.24, 2.45) is 0 Å². The lowest BCUT2D eigenvalue weighted by atomic mass is 10.2. The molecule has 0 unspecified atom stereocenters. The van der Waals surface area contributed by atoms with Crippen LogP contribution >= 0.6 is 22.6 Å². The van der Waals surface area contributed by atoms with E-state index in [1.165, 1.54) is 4.90 Å². The molecule has 0 aliphatic carbocycles. The SMILES string of the molecule is CC(C)NC(=O)N(C)c1ccc(OC(=O)c2ccccc2I)cc1. The molecule has 1 N–H and O–H groups in total. The van der Waals surface area contributed by atoms with Crippen LogP contribution < -0.4 is 15.0 Å². The zero-order valence-electron chi connectivity index (χ0n) is 13.7. The van der Waals surface area contributed by atoms with Crippen molar-refractivity contribution in [3.63, 3.8) is 0 Å². The second-order valence-corrected chi connectivity index (χ2v) is 6.69. The lowest BCUT2D eigenvalue weighted by molar-refractivity contribution is 0.0733. The summed E-state index contributed by atoms with van der Waals surface area (Å²) in [5.74, 6) is 0.0275. The van der Waals surface area contributed by atoms with Gasteiger partial charge >= 0.3 is 12.0 Å². The van der Waals surface area contributed by atoms with Crippen LogP contribution in [0.3, 0.4) is 0 Å². The smallest absolute Gasteiger partial charge is 0.344 e. The number of esters is 1. The minimum Gasteiger partial charge on any atom is -0.423 e. The first kappa shape index (κ1) is 18.3. The molecular weight excluding hydrogens is 419 g/mol. The summed E-state index contributed by atoms with van der Waals surface area (Å²) in [7, 11) is 1.69. The van der Waals surface area contributed by atoms with E-state index >= 15 is 0 Å². The topological polar surface area (TPSA) is 58.6 Å². The van der Waals surface area contributed by atoms with Crippen molar-refractivity contribution in [1.29, 1.82) is 0 Å². The van der Waals surface area contributed by atoms with Gasteiger partial charge in [0.15, 0.2) is 0 Å². The quantitative estimate of drug-likeness (QED) is 0.445. The summed E-state index contributed by atoms with van der Waals surface area (Å²) in [5, 5.41) is 2.82. The Morgan fingerprint density at radius 2 is 1.71 bits per heavy atom. The van der Waals surface area contributed by atoms with Crippen LogP contribution in [0.5, 0.6) is 5.75 Å².